The first kappa shape index (κ1) is 16.7. The summed E-state index contributed by atoms with van der Waals surface area (Å²) in [5.41, 5.74) is 0.729. The fraction of sp³-hybridized carbons (Fsp3) is 0.467. The number of rotatable bonds is 6. The minimum atomic E-state index is -0.398. The van der Waals surface area contributed by atoms with Crippen molar-refractivity contribution in [3.8, 4) is 0 Å². The highest BCUT2D eigenvalue weighted by molar-refractivity contribution is 9.10. The lowest BCUT2D eigenvalue weighted by molar-refractivity contribution is -0.130. The van der Waals surface area contributed by atoms with E-state index in [2.05, 4.69) is 26.6 Å². The summed E-state index contributed by atoms with van der Waals surface area (Å²) in [6.45, 7) is 6.26. The van der Waals surface area contributed by atoms with E-state index in [1.165, 1.54) is 0 Å². The van der Waals surface area contributed by atoms with Crippen LogP contribution >= 0.6 is 15.9 Å². The number of hydrogen-bond donors (Lipinski definition) is 2. The Balaban J connectivity index is 2.56. The van der Waals surface area contributed by atoms with Crippen LogP contribution in [0.4, 0.5) is 0 Å². The smallest absolute Gasteiger partial charge is 0.229 e. The zero-order valence-corrected chi connectivity index (χ0v) is 13.7. The number of carbonyl (C=O) groups is 2. The lowest BCUT2D eigenvalue weighted by Gasteiger charge is -2.26. The van der Waals surface area contributed by atoms with Gasteiger partial charge in [-0.2, -0.15) is 0 Å². The third kappa shape index (κ3) is 6.19. The average molecular weight is 341 g/mol. The van der Waals surface area contributed by atoms with Gasteiger partial charge in [-0.15, -0.1) is 0 Å². The molecule has 0 aliphatic carbocycles. The van der Waals surface area contributed by atoms with E-state index in [0.717, 1.165) is 10.0 Å². The maximum atomic E-state index is 11.8. The molecule has 2 amide bonds. The molecule has 0 aromatic heterocycles. The van der Waals surface area contributed by atoms with Crippen molar-refractivity contribution < 1.29 is 9.59 Å². The van der Waals surface area contributed by atoms with Crippen molar-refractivity contribution in [3.05, 3.63) is 34.3 Å². The van der Waals surface area contributed by atoms with Crippen LogP contribution in [0.25, 0.3) is 0 Å². The second-order valence-corrected chi connectivity index (χ2v) is 6.28. The monoisotopic (exact) mass is 340 g/mol. The highest BCUT2D eigenvalue weighted by Crippen LogP contribution is 2.17. The van der Waals surface area contributed by atoms with Crippen LogP contribution in [-0.4, -0.2) is 23.9 Å². The predicted octanol–water partition coefficient (Wildman–Crippen LogP) is 2.41. The molecule has 1 aromatic carbocycles. The molecular formula is C15H21BrN2O2. The largest absolute Gasteiger partial charge is 0.356 e. The van der Waals surface area contributed by atoms with Gasteiger partial charge in [0, 0.05) is 16.6 Å². The fourth-order valence-corrected chi connectivity index (χ4v) is 2.48. The Morgan fingerprint density at radius 3 is 2.55 bits per heavy atom. The summed E-state index contributed by atoms with van der Waals surface area (Å²) < 4.78 is 1.01. The molecule has 0 unspecified atom stereocenters. The van der Waals surface area contributed by atoms with E-state index in [4.69, 9.17) is 0 Å². The first-order valence-electron chi connectivity index (χ1n) is 6.64. The lowest BCUT2D eigenvalue weighted by atomic mass is 9.95. The molecular weight excluding hydrogens is 320 g/mol. The van der Waals surface area contributed by atoms with Crippen LogP contribution in [0, 0.1) is 0 Å². The first-order chi connectivity index (χ1) is 9.32. The van der Waals surface area contributed by atoms with Gasteiger partial charge in [-0.1, -0.05) is 28.1 Å². The standard InChI is InChI=1S/C15H21BrN2O2/c1-4-17-13(19)9-14(20)18-15(2,3)10-11-6-5-7-12(16)8-11/h5-8H,4,9-10H2,1-3H3,(H,17,19)(H,18,20). The Labute approximate surface area is 128 Å². The molecule has 5 heteroatoms. The zero-order chi connectivity index (χ0) is 15.2. The van der Waals surface area contributed by atoms with Gasteiger partial charge in [-0.05, 0) is 44.9 Å². The third-order valence-electron chi connectivity index (χ3n) is 2.71. The Hall–Kier alpha value is -1.36. The first-order valence-corrected chi connectivity index (χ1v) is 7.44. The van der Waals surface area contributed by atoms with Crippen LogP contribution in [0.3, 0.4) is 0 Å². The van der Waals surface area contributed by atoms with Gasteiger partial charge >= 0.3 is 0 Å². The molecule has 0 bridgehead atoms. The predicted molar refractivity (Wildman–Crippen MR) is 83.4 cm³/mol. The van der Waals surface area contributed by atoms with Gasteiger partial charge in [-0.3, -0.25) is 9.59 Å². The summed E-state index contributed by atoms with van der Waals surface area (Å²) in [5, 5.41) is 5.51. The van der Waals surface area contributed by atoms with Crippen LogP contribution in [0.15, 0.2) is 28.7 Å². The second kappa shape index (κ2) is 7.43. The van der Waals surface area contributed by atoms with E-state index in [0.29, 0.717) is 13.0 Å². The van der Waals surface area contributed by atoms with Crippen LogP contribution in [-0.2, 0) is 16.0 Å². The van der Waals surface area contributed by atoms with Crippen molar-refractivity contribution in [3.63, 3.8) is 0 Å². The SMILES string of the molecule is CCNC(=O)CC(=O)NC(C)(C)Cc1cccc(Br)c1. The van der Waals surface area contributed by atoms with Gasteiger partial charge < -0.3 is 10.6 Å². The molecule has 1 rings (SSSR count). The number of nitrogens with one attached hydrogen (secondary N) is 2. The quantitative estimate of drug-likeness (QED) is 0.781. The molecule has 0 aliphatic heterocycles. The van der Waals surface area contributed by atoms with Gasteiger partial charge in [0.15, 0.2) is 0 Å². The number of halogens is 1. The lowest BCUT2D eigenvalue weighted by Crippen LogP contribution is -2.46. The third-order valence-corrected chi connectivity index (χ3v) is 3.20. The van der Waals surface area contributed by atoms with Crippen molar-refractivity contribution in [2.45, 2.75) is 39.2 Å². The van der Waals surface area contributed by atoms with Gasteiger partial charge in [0.05, 0.1) is 0 Å². The molecule has 0 atom stereocenters. The Kier molecular flexibility index (Phi) is 6.20. The summed E-state index contributed by atoms with van der Waals surface area (Å²) in [7, 11) is 0. The highest BCUT2D eigenvalue weighted by atomic mass is 79.9. The minimum absolute atomic E-state index is 0.129. The van der Waals surface area contributed by atoms with Crippen molar-refractivity contribution in [2.75, 3.05) is 6.54 Å². The van der Waals surface area contributed by atoms with Gasteiger partial charge in [0.25, 0.3) is 0 Å². The normalized spacial score (nSPS) is 11.0. The summed E-state index contributed by atoms with van der Waals surface area (Å²) in [5.74, 6) is -0.501. The van der Waals surface area contributed by atoms with Crippen molar-refractivity contribution in [2.24, 2.45) is 0 Å². The molecule has 0 fully saturated rings. The van der Waals surface area contributed by atoms with Crippen LogP contribution in [0.1, 0.15) is 32.8 Å². The van der Waals surface area contributed by atoms with E-state index < -0.39 is 5.54 Å². The van der Waals surface area contributed by atoms with E-state index in [1.54, 1.807) is 0 Å². The average Bonchev–Trinajstić information content (AvgIpc) is 2.26. The van der Waals surface area contributed by atoms with Gasteiger partial charge in [-0.25, -0.2) is 0 Å². The molecule has 0 saturated carbocycles. The molecule has 20 heavy (non-hydrogen) atoms. The van der Waals surface area contributed by atoms with E-state index in [1.807, 2.05) is 45.0 Å². The molecule has 0 aliphatic rings. The highest BCUT2D eigenvalue weighted by Gasteiger charge is 2.22. The van der Waals surface area contributed by atoms with Crippen molar-refractivity contribution >= 4 is 27.7 Å². The summed E-state index contributed by atoms with van der Waals surface area (Å²) in [4.78, 5) is 23.2. The minimum Gasteiger partial charge on any atom is -0.356 e. The van der Waals surface area contributed by atoms with Crippen LogP contribution in [0.5, 0.6) is 0 Å². The number of amides is 2. The molecule has 0 heterocycles. The fourth-order valence-electron chi connectivity index (χ4n) is 2.03. The summed E-state index contributed by atoms with van der Waals surface area (Å²) in [6.07, 6.45) is 0.573. The molecule has 2 N–H and O–H groups in total. The summed E-state index contributed by atoms with van der Waals surface area (Å²) >= 11 is 3.43. The van der Waals surface area contributed by atoms with Crippen molar-refractivity contribution in [1.82, 2.24) is 10.6 Å². The number of benzene rings is 1. The molecule has 110 valence electrons. The molecule has 1 aromatic rings. The number of carbonyl (C=O) groups excluding carboxylic acids is 2. The van der Waals surface area contributed by atoms with E-state index >= 15 is 0 Å². The zero-order valence-electron chi connectivity index (χ0n) is 12.1. The topological polar surface area (TPSA) is 58.2 Å². The number of hydrogen-bond acceptors (Lipinski definition) is 2. The van der Waals surface area contributed by atoms with E-state index in [9.17, 15) is 9.59 Å². The molecule has 0 radical (unpaired) electrons. The second-order valence-electron chi connectivity index (χ2n) is 5.37. The molecule has 4 nitrogen and oxygen atoms in total. The van der Waals surface area contributed by atoms with Crippen LogP contribution in [0.2, 0.25) is 0 Å². The van der Waals surface area contributed by atoms with E-state index in [-0.39, 0.29) is 18.2 Å². The Bertz CT molecular complexity index is 487. The summed E-state index contributed by atoms with van der Waals surface area (Å²) in [6, 6.07) is 7.97. The maximum absolute atomic E-state index is 11.8. The Morgan fingerprint density at radius 1 is 1.25 bits per heavy atom. The maximum Gasteiger partial charge on any atom is 0.229 e. The van der Waals surface area contributed by atoms with Gasteiger partial charge in [0.2, 0.25) is 11.8 Å². The Morgan fingerprint density at radius 2 is 1.95 bits per heavy atom. The molecule has 0 spiro atoms. The van der Waals surface area contributed by atoms with Gasteiger partial charge in [0.1, 0.15) is 6.42 Å². The molecule has 0 saturated heterocycles. The van der Waals surface area contributed by atoms with Crippen LogP contribution < -0.4 is 10.6 Å². The van der Waals surface area contributed by atoms with Crippen molar-refractivity contribution in [1.29, 1.82) is 0 Å².